The Labute approximate surface area is 148 Å². The molecule has 1 aromatic rings. The van der Waals surface area contributed by atoms with Crippen molar-refractivity contribution in [3.05, 3.63) is 23.8 Å². The third-order valence-corrected chi connectivity index (χ3v) is 7.00. The predicted molar refractivity (Wildman–Crippen MR) is 95.3 cm³/mol. The van der Waals surface area contributed by atoms with Gasteiger partial charge in [0.25, 0.3) is 0 Å². The van der Waals surface area contributed by atoms with Gasteiger partial charge in [-0.3, -0.25) is 4.79 Å². The molecule has 2 rings (SSSR count). The molecular formula is C15H23N3O5S2. The lowest BCUT2D eigenvalue weighted by molar-refractivity contribution is -0.115. The summed E-state index contributed by atoms with van der Waals surface area (Å²) in [4.78, 5) is 11.4. The van der Waals surface area contributed by atoms with Gasteiger partial charge in [0.05, 0.1) is 17.6 Å². The lowest BCUT2D eigenvalue weighted by Gasteiger charge is -2.25. The van der Waals surface area contributed by atoms with Crippen molar-refractivity contribution in [2.24, 2.45) is 0 Å². The number of carbonyl (C=O) groups is 1. The Balaban J connectivity index is 2.07. The molecule has 1 unspecified atom stereocenters. The number of hydrogen-bond donors (Lipinski definition) is 2. The Morgan fingerprint density at radius 1 is 1.28 bits per heavy atom. The minimum atomic E-state index is -3.78. The van der Waals surface area contributed by atoms with E-state index in [4.69, 9.17) is 0 Å². The van der Waals surface area contributed by atoms with Crippen LogP contribution in [0.25, 0.3) is 0 Å². The maximum Gasteiger partial charge on any atom is 0.240 e. The Kier molecular flexibility index (Phi) is 5.87. The average molecular weight is 389 g/mol. The number of amides is 1. The van der Waals surface area contributed by atoms with Crippen LogP contribution in [0.3, 0.4) is 0 Å². The molecule has 0 bridgehead atoms. The van der Waals surface area contributed by atoms with Gasteiger partial charge in [0, 0.05) is 24.8 Å². The molecule has 140 valence electrons. The number of benzene rings is 1. The van der Waals surface area contributed by atoms with Crippen molar-refractivity contribution in [2.75, 3.05) is 24.7 Å². The average Bonchev–Trinajstić information content (AvgIpc) is 2.88. The van der Waals surface area contributed by atoms with E-state index in [0.717, 1.165) is 6.26 Å². The predicted octanol–water partition coefficient (Wildman–Crippen LogP) is 0.520. The molecule has 0 aromatic heterocycles. The van der Waals surface area contributed by atoms with Gasteiger partial charge in [-0.25, -0.2) is 21.6 Å². The van der Waals surface area contributed by atoms with Gasteiger partial charge in [0.2, 0.25) is 26.0 Å². The summed E-state index contributed by atoms with van der Waals surface area (Å²) in [5.74, 6) is -0.171. The van der Waals surface area contributed by atoms with Gasteiger partial charge in [-0.1, -0.05) is 6.92 Å². The van der Waals surface area contributed by atoms with Crippen LogP contribution in [-0.4, -0.2) is 52.4 Å². The first-order valence-electron chi connectivity index (χ1n) is 7.94. The summed E-state index contributed by atoms with van der Waals surface area (Å²) in [6.07, 6.45) is 1.89. The van der Waals surface area contributed by atoms with Crippen LogP contribution >= 0.6 is 0 Å². The topological polar surface area (TPSA) is 113 Å². The van der Waals surface area contributed by atoms with Crippen LogP contribution in [0.2, 0.25) is 0 Å². The monoisotopic (exact) mass is 389 g/mol. The molecule has 1 amide bonds. The quantitative estimate of drug-likeness (QED) is 0.673. The van der Waals surface area contributed by atoms with Crippen molar-refractivity contribution in [1.29, 1.82) is 0 Å². The number of rotatable bonds is 8. The summed E-state index contributed by atoms with van der Waals surface area (Å²) < 4.78 is 52.1. The number of nitrogens with zero attached hydrogens (tertiary/aromatic N) is 1. The lowest BCUT2D eigenvalue weighted by Crippen LogP contribution is -2.42. The SMILES string of the molecule is CCC(C)N(CCNS(=O)(=O)c1ccc2c(c1)CC(=O)N2)S(C)(=O)=O. The van der Waals surface area contributed by atoms with E-state index in [1.807, 2.05) is 6.92 Å². The van der Waals surface area contributed by atoms with E-state index in [1.54, 1.807) is 13.0 Å². The number of carbonyl (C=O) groups excluding carboxylic acids is 1. The molecule has 0 aliphatic carbocycles. The molecule has 0 fully saturated rings. The molecule has 1 heterocycles. The van der Waals surface area contributed by atoms with E-state index < -0.39 is 20.0 Å². The normalized spacial score (nSPS) is 15.9. The molecule has 1 aromatic carbocycles. The molecule has 0 radical (unpaired) electrons. The van der Waals surface area contributed by atoms with Crippen molar-refractivity contribution in [3.63, 3.8) is 0 Å². The van der Waals surface area contributed by atoms with E-state index in [0.29, 0.717) is 17.7 Å². The fourth-order valence-electron chi connectivity index (χ4n) is 2.66. The fourth-order valence-corrected chi connectivity index (χ4v) is 4.96. The highest BCUT2D eigenvalue weighted by atomic mass is 32.2. The second kappa shape index (κ2) is 7.40. The molecule has 0 saturated carbocycles. The van der Waals surface area contributed by atoms with E-state index in [1.165, 1.54) is 16.4 Å². The summed E-state index contributed by atoms with van der Waals surface area (Å²) in [6, 6.07) is 4.21. The van der Waals surface area contributed by atoms with Crippen molar-refractivity contribution in [3.8, 4) is 0 Å². The zero-order valence-electron chi connectivity index (χ0n) is 14.4. The molecule has 0 spiro atoms. The van der Waals surface area contributed by atoms with Crippen LogP contribution in [0.1, 0.15) is 25.8 Å². The molecule has 2 N–H and O–H groups in total. The highest BCUT2D eigenvalue weighted by molar-refractivity contribution is 7.89. The van der Waals surface area contributed by atoms with Gasteiger partial charge in [-0.2, -0.15) is 4.31 Å². The van der Waals surface area contributed by atoms with E-state index in [-0.39, 0.29) is 36.4 Å². The highest BCUT2D eigenvalue weighted by Crippen LogP contribution is 2.25. The van der Waals surface area contributed by atoms with Crippen LogP contribution in [0, 0.1) is 0 Å². The first-order valence-corrected chi connectivity index (χ1v) is 11.3. The highest BCUT2D eigenvalue weighted by Gasteiger charge is 2.24. The Hall–Kier alpha value is -1.49. The molecule has 1 atom stereocenters. The summed E-state index contributed by atoms with van der Waals surface area (Å²) in [6.45, 7) is 3.67. The Bertz CT molecular complexity index is 865. The maximum atomic E-state index is 12.4. The Morgan fingerprint density at radius 2 is 1.96 bits per heavy atom. The first-order chi connectivity index (χ1) is 11.5. The number of sulfonamides is 2. The minimum absolute atomic E-state index is 0.0337. The molecule has 1 aliphatic heterocycles. The second-order valence-corrected chi connectivity index (χ2v) is 9.77. The summed E-state index contributed by atoms with van der Waals surface area (Å²) in [7, 11) is -7.20. The number of hydrogen-bond acceptors (Lipinski definition) is 5. The van der Waals surface area contributed by atoms with Crippen molar-refractivity contribution in [1.82, 2.24) is 9.03 Å². The summed E-state index contributed by atoms with van der Waals surface area (Å²) in [5.41, 5.74) is 1.24. The van der Waals surface area contributed by atoms with Gasteiger partial charge in [0.15, 0.2) is 0 Å². The van der Waals surface area contributed by atoms with Gasteiger partial charge in [-0.05, 0) is 37.1 Å². The fraction of sp³-hybridized carbons (Fsp3) is 0.533. The summed E-state index contributed by atoms with van der Waals surface area (Å²) in [5, 5.41) is 2.64. The first kappa shape index (κ1) is 19.8. The van der Waals surface area contributed by atoms with Gasteiger partial charge in [0.1, 0.15) is 0 Å². The number of anilines is 1. The van der Waals surface area contributed by atoms with E-state index in [9.17, 15) is 21.6 Å². The van der Waals surface area contributed by atoms with Gasteiger partial charge >= 0.3 is 0 Å². The van der Waals surface area contributed by atoms with Crippen LogP contribution in [-0.2, 0) is 31.3 Å². The van der Waals surface area contributed by atoms with Gasteiger partial charge < -0.3 is 5.32 Å². The molecule has 0 saturated heterocycles. The largest absolute Gasteiger partial charge is 0.326 e. The molecule has 1 aliphatic rings. The standard InChI is InChI=1S/C15H23N3O5S2/c1-4-11(2)18(24(3,20)21)8-7-16-25(22,23)13-5-6-14-12(9-13)10-15(19)17-14/h5-6,9,11,16H,4,7-8,10H2,1-3H3,(H,17,19). The third kappa shape index (κ3) is 4.78. The zero-order chi connectivity index (χ0) is 18.8. The van der Waals surface area contributed by atoms with Crippen LogP contribution < -0.4 is 10.0 Å². The molecule has 25 heavy (non-hydrogen) atoms. The Morgan fingerprint density at radius 3 is 2.56 bits per heavy atom. The smallest absolute Gasteiger partial charge is 0.240 e. The van der Waals surface area contributed by atoms with Crippen molar-refractivity contribution >= 4 is 31.6 Å². The number of fused-ring (bicyclic) bond motifs is 1. The van der Waals surface area contributed by atoms with Crippen molar-refractivity contribution in [2.45, 2.75) is 37.6 Å². The van der Waals surface area contributed by atoms with Crippen LogP contribution in [0.15, 0.2) is 23.1 Å². The zero-order valence-corrected chi connectivity index (χ0v) is 16.1. The second-order valence-electron chi connectivity index (χ2n) is 6.07. The van der Waals surface area contributed by atoms with Crippen molar-refractivity contribution < 1.29 is 21.6 Å². The third-order valence-electron chi connectivity index (χ3n) is 4.14. The minimum Gasteiger partial charge on any atom is -0.326 e. The summed E-state index contributed by atoms with van der Waals surface area (Å²) >= 11 is 0. The van der Waals surface area contributed by atoms with Crippen LogP contribution in [0.5, 0.6) is 0 Å². The molecule has 10 heteroatoms. The van der Waals surface area contributed by atoms with Gasteiger partial charge in [-0.15, -0.1) is 0 Å². The van der Waals surface area contributed by atoms with E-state index >= 15 is 0 Å². The van der Waals surface area contributed by atoms with E-state index in [2.05, 4.69) is 10.0 Å². The molecular weight excluding hydrogens is 366 g/mol. The maximum absolute atomic E-state index is 12.4. The van der Waals surface area contributed by atoms with Crippen LogP contribution in [0.4, 0.5) is 5.69 Å². The lowest BCUT2D eigenvalue weighted by atomic mass is 10.2. The number of nitrogens with one attached hydrogen (secondary N) is 2. The molecule has 8 nitrogen and oxygen atoms in total.